The molecule has 0 aromatic rings. The third-order valence-electron chi connectivity index (χ3n) is 5.05. The Morgan fingerprint density at radius 3 is 1.30 bits per heavy atom. The number of hydrogen-bond donors (Lipinski definition) is 3. The highest BCUT2D eigenvalue weighted by Gasteiger charge is 2.16. The van der Waals surface area contributed by atoms with Crippen molar-refractivity contribution in [3.05, 3.63) is 0 Å². The smallest absolute Gasteiger partial charge is 0.0482 e. The third-order valence-corrected chi connectivity index (χ3v) is 5.05. The van der Waals surface area contributed by atoms with Gasteiger partial charge in [0, 0.05) is 19.8 Å². The Bertz CT molecular complexity index is 248. The van der Waals surface area contributed by atoms with Crippen LogP contribution < -0.4 is 0 Å². The summed E-state index contributed by atoms with van der Waals surface area (Å²) in [4.78, 5) is 0. The van der Waals surface area contributed by atoms with Gasteiger partial charge in [0.1, 0.15) is 0 Å². The number of hydrogen-bond acceptors (Lipinski definition) is 3. The average molecular weight is 331 g/mol. The Morgan fingerprint density at radius 2 is 1.00 bits per heavy atom. The largest absolute Gasteiger partial charge is 0.396 e. The van der Waals surface area contributed by atoms with Gasteiger partial charge in [-0.15, -0.1) is 0 Å². The van der Waals surface area contributed by atoms with Crippen LogP contribution in [0.15, 0.2) is 0 Å². The predicted octanol–water partition coefficient (Wildman–Crippen LogP) is 4.53. The summed E-state index contributed by atoms with van der Waals surface area (Å²) in [7, 11) is 0. The first-order valence-electron chi connectivity index (χ1n) is 9.59. The van der Waals surface area contributed by atoms with E-state index in [0.717, 1.165) is 25.7 Å². The molecule has 0 aromatic carbocycles. The van der Waals surface area contributed by atoms with Crippen molar-refractivity contribution in [2.24, 2.45) is 16.7 Å². The summed E-state index contributed by atoms with van der Waals surface area (Å²) >= 11 is 0. The number of aliphatic hydroxyl groups is 3. The van der Waals surface area contributed by atoms with Crippen LogP contribution in [0.4, 0.5) is 0 Å². The summed E-state index contributed by atoms with van der Waals surface area (Å²) in [6.07, 6.45) is 11.5. The van der Waals surface area contributed by atoms with Crippen LogP contribution in [0.25, 0.3) is 0 Å². The quantitative estimate of drug-likeness (QED) is 0.387. The maximum atomic E-state index is 9.51. The minimum Gasteiger partial charge on any atom is -0.396 e. The molecule has 140 valence electrons. The van der Waals surface area contributed by atoms with Crippen LogP contribution in [-0.2, 0) is 0 Å². The van der Waals surface area contributed by atoms with E-state index in [0.29, 0.717) is 12.5 Å². The van der Waals surface area contributed by atoms with Crippen molar-refractivity contribution >= 4 is 0 Å². The summed E-state index contributed by atoms with van der Waals surface area (Å²) in [5.74, 6) is 0.451. The molecular formula is C20H42O3. The van der Waals surface area contributed by atoms with Gasteiger partial charge in [-0.3, -0.25) is 0 Å². The van der Waals surface area contributed by atoms with Gasteiger partial charge in [0.05, 0.1) is 0 Å². The van der Waals surface area contributed by atoms with Crippen molar-refractivity contribution in [1.82, 2.24) is 0 Å². The van der Waals surface area contributed by atoms with Gasteiger partial charge in [0.15, 0.2) is 0 Å². The molecule has 0 fully saturated rings. The Labute approximate surface area is 144 Å². The third kappa shape index (κ3) is 12.9. The van der Waals surface area contributed by atoms with Gasteiger partial charge < -0.3 is 15.3 Å². The van der Waals surface area contributed by atoms with Crippen molar-refractivity contribution in [2.75, 3.05) is 19.8 Å². The monoisotopic (exact) mass is 330 g/mol. The van der Waals surface area contributed by atoms with Crippen LogP contribution in [0.5, 0.6) is 0 Å². The van der Waals surface area contributed by atoms with Gasteiger partial charge in [-0.05, 0) is 42.4 Å². The molecule has 3 heteroatoms. The lowest BCUT2D eigenvalue weighted by Crippen LogP contribution is -2.16. The zero-order valence-electron chi connectivity index (χ0n) is 16.1. The number of unbranched alkanes of at least 4 members (excludes halogenated alkanes) is 4. The Morgan fingerprint density at radius 1 is 0.609 bits per heavy atom. The maximum absolute atomic E-state index is 9.51. The van der Waals surface area contributed by atoms with Crippen molar-refractivity contribution in [2.45, 2.75) is 91.9 Å². The van der Waals surface area contributed by atoms with Crippen molar-refractivity contribution in [3.8, 4) is 0 Å². The number of rotatable bonds is 15. The molecule has 0 saturated heterocycles. The fourth-order valence-electron chi connectivity index (χ4n) is 2.91. The molecule has 0 radical (unpaired) electrons. The summed E-state index contributed by atoms with van der Waals surface area (Å²) in [5, 5.41) is 28.0. The lowest BCUT2D eigenvalue weighted by Gasteiger charge is -2.22. The highest BCUT2D eigenvalue weighted by atomic mass is 16.3. The van der Waals surface area contributed by atoms with E-state index >= 15 is 0 Å². The molecule has 0 aromatic heterocycles. The van der Waals surface area contributed by atoms with Gasteiger partial charge in [0.25, 0.3) is 0 Å². The van der Waals surface area contributed by atoms with Crippen LogP contribution in [0.2, 0.25) is 0 Å². The van der Waals surface area contributed by atoms with E-state index in [-0.39, 0.29) is 24.0 Å². The van der Waals surface area contributed by atoms with Crippen molar-refractivity contribution in [1.29, 1.82) is 0 Å². The first kappa shape index (κ1) is 22.9. The number of aliphatic hydroxyl groups excluding tert-OH is 3. The molecule has 0 bridgehead atoms. The molecule has 0 unspecified atom stereocenters. The zero-order chi connectivity index (χ0) is 17.8. The van der Waals surface area contributed by atoms with Gasteiger partial charge >= 0.3 is 0 Å². The molecular weight excluding hydrogens is 288 g/mol. The Hall–Kier alpha value is -0.120. The Balaban J connectivity index is 3.64. The van der Waals surface area contributed by atoms with E-state index in [1.165, 1.54) is 38.5 Å². The van der Waals surface area contributed by atoms with Crippen LogP contribution in [0.3, 0.4) is 0 Å². The SMILES string of the molecule is CC(C)(CO)CCCCCC(CO)CCCCCC(C)(C)CO. The Kier molecular flexibility index (Phi) is 12.2. The molecule has 0 rings (SSSR count). The van der Waals surface area contributed by atoms with E-state index in [4.69, 9.17) is 0 Å². The first-order valence-corrected chi connectivity index (χ1v) is 9.59. The molecule has 23 heavy (non-hydrogen) atoms. The summed E-state index contributed by atoms with van der Waals surface area (Å²) < 4.78 is 0. The van der Waals surface area contributed by atoms with Crippen LogP contribution >= 0.6 is 0 Å². The molecule has 0 heterocycles. The van der Waals surface area contributed by atoms with Gasteiger partial charge in [-0.1, -0.05) is 66.2 Å². The minimum atomic E-state index is 0.0543. The minimum absolute atomic E-state index is 0.0543. The normalized spacial score (nSPS) is 13.0. The topological polar surface area (TPSA) is 60.7 Å². The molecule has 0 aliphatic carbocycles. The second kappa shape index (κ2) is 12.3. The van der Waals surface area contributed by atoms with Crippen LogP contribution in [0, 0.1) is 16.7 Å². The molecule has 0 spiro atoms. The second-order valence-corrected chi connectivity index (χ2v) is 8.89. The first-order chi connectivity index (χ1) is 10.8. The molecule has 0 atom stereocenters. The molecule has 0 amide bonds. The van der Waals surface area contributed by atoms with Crippen molar-refractivity contribution < 1.29 is 15.3 Å². The van der Waals surface area contributed by atoms with Gasteiger partial charge in [0.2, 0.25) is 0 Å². The van der Waals surface area contributed by atoms with E-state index < -0.39 is 0 Å². The summed E-state index contributed by atoms with van der Waals surface area (Å²) in [5.41, 5.74) is 0.109. The average Bonchev–Trinajstić information content (AvgIpc) is 2.52. The highest BCUT2D eigenvalue weighted by molar-refractivity contribution is 4.68. The van der Waals surface area contributed by atoms with Crippen LogP contribution in [-0.4, -0.2) is 35.1 Å². The zero-order valence-corrected chi connectivity index (χ0v) is 16.1. The molecule has 0 aliphatic heterocycles. The molecule has 0 aliphatic rings. The fraction of sp³-hybridized carbons (Fsp3) is 1.00. The molecule has 0 saturated carbocycles. The summed E-state index contributed by atoms with van der Waals surface area (Å²) in [6.45, 7) is 9.29. The van der Waals surface area contributed by atoms with Gasteiger partial charge in [-0.25, -0.2) is 0 Å². The standard InChI is InChI=1S/C20H42O3/c1-19(2,16-22)13-9-5-7-11-18(15-21)12-8-6-10-14-20(3,4)17-23/h18,21-23H,5-17H2,1-4H3. The predicted molar refractivity (Wildman–Crippen MR) is 98.5 cm³/mol. The molecule has 3 nitrogen and oxygen atoms in total. The van der Waals surface area contributed by atoms with E-state index in [1.807, 2.05) is 0 Å². The second-order valence-electron chi connectivity index (χ2n) is 8.89. The van der Waals surface area contributed by atoms with Gasteiger partial charge in [-0.2, -0.15) is 0 Å². The van der Waals surface area contributed by atoms with Crippen LogP contribution in [0.1, 0.15) is 91.9 Å². The highest BCUT2D eigenvalue weighted by Crippen LogP contribution is 2.25. The lowest BCUT2D eigenvalue weighted by atomic mass is 9.86. The van der Waals surface area contributed by atoms with Crippen molar-refractivity contribution in [3.63, 3.8) is 0 Å². The van der Waals surface area contributed by atoms with E-state index in [2.05, 4.69) is 27.7 Å². The van der Waals surface area contributed by atoms with E-state index in [1.54, 1.807) is 0 Å². The maximum Gasteiger partial charge on any atom is 0.0482 e. The van der Waals surface area contributed by atoms with E-state index in [9.17, 15) is 15.3 Å². The lowest BCUT2D eigenvalue weighted by molar-refractivity contribution is 0.145. The summed E-state index contributed by atoms with van der Waals surface area (Å²) in [6, 6.07) is 0. The fourth-order valence-corrected chi connectivity index (χ4v) is 2.91. The molecule has 3 N–H and O–H groups in total.